The highest BCUT2D eigenvalue weighted by Crippen LogP contribution is 2.43. The fourth-order valence-corrected chi connectivity index (χ4v) is 2.83. The monoisotopic (exact) mass is 232 g/mol. The van der Waals surface area contributed by atoms with Gasteiger partial charge >= 0.3 is 0 Å². The zero-order valence-electron chi connectivity index (χ0n) is 7.93. The number of nitrogens with zero attached hydrogens (tertiary/aromatic N) is 2. The van der Waals surface area contributed by atoms with Crippen LogP contribution in [-0.2, 0) is 0 Å². The zero-order valence-corrected chi connectivity index (χ0v) is 9.57. The Bertz CT molecular complexity index is 563. The normalized spacial score (nSPS) is 15.2. The smallest absolute Gasteiger partial charge is 0.0969 e. The van der Waals surface area contributed by atoms with Gasteiger partial charge in [0.25, 0.3) is 0 Å². The molecule has 3 rings (SSSR count). The number of fused-ring (bicyclic) bond motifs is 1. The van der Waals surface area contributed by atoms with Crippen LogP contribution in [0.25, 0.3) is 10.2 Å². The topological polar surface area (TPSA) is 25.2 Å². The number of thiocarbonyl (C=S) groups is 1. The molecule has 1 fully saturated rings. The third-order valence-electron chi connectivity index (χ3n) is 2.49. The molecule has 15 heavy (non-hydrogen) atoms. The minimum Gasteiger partial charge on any atom is -0.241 e. The maximum atomic E-state index is 4.61. The Morgan fingerprint density at radius 1 is 1.47 bits per heavy atom. The number of rotatable bonds is 2. The lowest BCUT2D eigenvalue weighted by atomic mass is 10.3. The summed E-state index contributed by atoms with van der Waals surface area (Å²) in [7, 11) is 0. The number of thiazole rings is 1. The summed E-state index contributed by atoms with van der Waals surface area (Å²) in [6, 6.07) is 5.96. The summed E-state index contributed by atoms with van der Waals surface area (Å²) in [6.07, 6.45) is 2.59. The van der Waals surface area contributed by atoms with Crippen LogP contribution in [0.3, 0.4) is 0 Å². The van der Waals surface area contributed by atoms with Crippen molar-refractivity contribution in [2.45, 2.75) is 18.8 Å². The van der Waals surface area contributed by atoms with Crippen LogP contribution in [0.1, 0.15) is 23.8 Å². The quantitative estimate of drug-likeness (QED) is 0.579. The maximum Gasteiger partial charge on any atom is 0.0969 e. The highest BCUT2D eigenvalue weighted by atomic mass is 32.1. The molecule has 0 spiro atoms. The number of isothiocyanates is 1. The predicted octanol–water partition coefficient (Wildman–Crippen LogP) is 3.91. The Labute approximate surface area is 96.7 Å². The molecule has 0 saturated heterocycles. The predicted molar refractivity (Wildman–Crippen MR) is 66.3 cm³/mol. The van der Waals surface area contributed by atoms with E-state index in [9.17, 15) is 0 Å². The molecule has 0 unspecified atom stereocenters. The number of hydrogen-bond acceptors (Lipinski definition) is 4. The summed E-state index contributed by atoms with van der Waals surface area (Å²) in [5.41, 5.74) is 1.94. The minimum absolute atomic E-state index is 0.722. The van der Waals surface area contributed by atoms with Gasteiger partial charge in [-0.2, -0.15) is 4.99 Å². The SMILES string of the molecule is S=C=Nc1ccc2nc(C3CC3)sc2c1. The van der Waals surface area contributed by atoms with Crippen LogP contribution in [-0.4, -0.2) is 10.1 Å². The van der Waals surface area contributed by atoms with Gasteiger partial charge in [-0.3, -0.25) is 0 Å². The van der Waals surface area contributed by atoms with E-state index in [0.717, 1.165) is 17.1 Å². The molecule has 1 aromatic heterocycles. The second-order valence-corrected chi connectivity index (χ2v) is 4.93. The maximum absolute atomic E-state index is 4.61. The summed E-state index contributed by atoms with van der Waals surface area (Å²) < 4.78 is 1.20. The van der Waals surface area contributed by atoms with Gasteiger partial charge in [-0.1, -0.05) is 0 Å². The summed E-state index contributed by atoms with van der Waals surface area (Å²) in [5, 5.41) is 3.65. The van der Waals surface area contributed by atoms with Crippen LogP contribution >= 0.6 is 23.6 Å². The van der Waals surface area contributed by atoms with Crippen molar-refractivity contribution in [1.82, 2.24) is 4.98 Å². The second-order valence-electron chi connectivity index (χ2n) is 3.68. The van der Waals surface area contributed by atoms with E-state index in [0.29, 0.717) is 0 Å². The van der Waals surface area contributed by atoms with Crippen LogP contribution in [0.4, 0.5) is 5.69 Å². The molecule has 1 aromatic carbocycles. The van der Waals surface area contributed by atoms with Gasteiger partial charge in [-0.15, -0.1) is 11.3 Å². The number of benzene rings is 1. The van der Waals surface area contributed by atoms with E-state index in [1.54, 1.807) is 11.3 Å². The first-order valence-electron chi connectivity index (χ1n) is 4.85. The van der Waals surface area contributed by atoms with Crippen LogP contribution < -0.4 is 0 Å². The molecule has 0 amide bonds. The molecule has 4 heteroatoms. The summed E-state index contributed by atoms with van der Waals surface area (Å²) in [4.78, 5) is 8.58. The van der Waals surface area contributed by atoms with Crippen molar-refractivity contribution in [2.75, 3.05) is 0 Å². The molecule has 2 aromatic rings. The molecule has 1 aliphatic carbocycles. The van der Waals surface area contributed by atoms with Crippen molar-refractivity contribution >= 4 is 44.6 Å². The first-order valence-corrected chi connectivity index (χ1v) is 6.07. The minimum atomic E-state index is 0.722. The molecular weight excluding hydrogens is 224 g/mol. The zero-order chi connectivity index (χ0) is 10.3. The Hall–Kier alpha value is -1.09. The number of aliphatic imine (C=N–C) groups is 1. The third kappa shape index (κ3) is 1.72. The highest BCUT2D eigenvalue weighted by molar-refractivity contribution is 7.78. The second kappa shape index (κ2) is 3.49. The lowest BCUT2D eigenvalue weighted by Crippen LogP contribution is -1.73. The fourth-order valence-electron chi connectivity index (χ4n) is 1.56. The Morgan fingerprint density at radius 2 is 2.33 bits per heavy atom. The molecule has 0 N–H and O–H groups in total. The highest BCUT2D eigenvalue weighted by Gasteiger charge is 2.26. The van der Waals surface area contributed by atoms with Gasteiger partial charge in [-0.05, 0) is 43.3 Å². The van der Waals surface area contributed by atoms with Gasteiger partial charge in [0.15, 0.2) is 0 Å². The lowest BCUT2D eigenvalue weighted by Gasteiger charge is -1.89. The van der Waals surface area contributed by atoms with E-state index < -0.39 is 0 Å². The Balaban J connectivity index is 2.13. The van der Waals surface area contributed by atoms with Crippen LogP contribution in [0.15, 0.2) is 23.2 Å². The standard InChI is InChI=1S/C11H8N2S2/c14-6-12-8-3-4-9-10(5-8)15-11(13-9)7-1-2-7/h3-5,7H,1-2H2. The molecule has 74 valence electrons. The molecule has 0 atom stereocenters. The van der Waals surface area contributed by atoms with Crippen molar-refractivity contribution in [3.05, 3.63) is 23.2 Å². The third-order valence-corrected chi connectivity index (χ3v) is 3.76. The van der Waals surface area contributed by atoms with Crippen molar-refractivity contribution in [2.24, 2.45) is 4.99 Å². The van der Waals surface area contributed by atoms with E-state index in [1.165, 1.54) is 22.5 Å². The van der Waals surface area contributed by atoms with E-state index in [2.05, 4.69) is 27.4 Å². The van der Waals surface area contributed by atoms with E-state index in [1.807, 2.05) is 18.2 Å². The summed E-state index contributed by atoms with van der Waals surface area (Å²) in [5.74, 6) is 0.722. The molecule has 0 aliphatic heterocycles. The van der Waals surface area contributed by atoms with Crippen molar-refractivity contribution in [1.29, 1.82) is 0 Å². The molecule has 0 bridgehead atoms. The largest absolute Gasteiger partial charge is 0.241 e. The summed E-state index contributed by atoms with van der Waals surface area (Å²) >= 11 is 6.36. The number of hydrogen-bond donors (Lipinski definition) is 0. The van der Waals surface area contributed by atoms with Crippen molar-refractivity contribution < 1.29 is 0 Å². The molecule has 1 heterocycles. The molecule has 1 saturated carbocycles. The van der Waals surface area contributed by atoms with Gasteiger partial charge in [0, 0.05) is 5.92 Å². The van der Waals surface area contributed by atoms with Crippen molar-refractivity contribution in [3.8, 4) is 0 Å². The fraction of sp³-hybridized carbons (Fsp3) is 0.273. The first-order chi connectivity index (χ1) is 7.36. The molecular formula is C11H8N2S2. The van der Waals surface area contributed by atoms with E-state index in [-0.39, 0.29) is 0 Å². The summed E-state index contributed by atoms with van der Waals surface area (Å²) in [6.45, 7) is 0. The van der Waals surface area contributed by atoms with Gasteiger partial charge in [-0.25, -0.2) is 4.98 Å². The lowest BCUT2D eigenvalue weighted by molar-refractivity contribution is 1.10. The van der Waals surface area contributed by atoms with Gasteiger partial charge in [0.05, 0.1) is 26.1 Å². The molecule has 0 radical (unpaired) electrons. The average Bonchev–Trinajstić information content (AvgIpc) is 2.99. The van der Waals surface area contributed by atoms with Gasteiger partial charge in [0.1, 0.15) is 0 Å². The van der Waals surface area contributed by atoms with Crippen LogP contribution in [0, 0.1) is 0 Å². The first kappa shape index (κ1) is 9.16. The van der Waals surface area contributed by atoms with E-state index >= 15 is 0 Å². The van der Waals surface area contributed by atoms with Gasteiger partial charge < -0.3 is 0 Å². The van der Waals surface area contributed by atoms with E-state index in [4.69, 9.17) is 0 Å². The Morgan fingerprint density at radius 3 is 3.07 bits per heavy atom. The number of aromatic nitrogens is 1. The Kier molecular flexibility index (Phi) is 2.13. The molecule has 2 nitrogen and oxygen atoms in total. The van der Waals surface area contributed by atoms with Crippen molar-refractivity contribution in [3.63, 3.8) is 0 Å². The van der Waals surface area contributed by atoms with Crippen LogP contribution in [0.5, 0.6) is 0 Å². The molecule has 1 aliphatic rings. The average molecular weight is 232 g/mol. The van der Waals surface area contributed by atoms with Gasteiger partial charge in [0.2, 0.25) is 0 Å². The van der Waals surface area contributed by atoms with Crippen LogP contribution in [0.2, 0.25) is 0 Å².